The first-order valence-electron chi connectivity index (χ1n) is 21.6. The highest BCUT2D eigenvalue weighted by molar-refractivity contribution is 7.21. The summed E-state index contributed by atoms with van der Waals surface area (Å²) in [4.78, 5) is 11.3. The van der Waals surface area contributed by atoms with Crippen LogP contribution in [0.15, 0.2) is 231 Å². The van der Waals surface area contributed by atoms with Crippen LogP contribution in [0, 0.1) is 0 Å². The number of fused-ring (bicyclic) bond motifs is 10. The van der Waals surface area contributed by atoms with E-state index in [1.165, 1.54) is 59.2 Å². The largest absolute Gasteiger partial charge is 0.309 e. The van der Waals surface area contributed by atoms with Gasteiger partial charge in [0, 0.05) is 49.6 Å². The summed E-state index contributed by atoms with van der Waals surface area (Å²) >= 11 is 0. The summed E-state index contributed by atoms with van der Waals surface area (Å²) in [6, 6.07) is 83.7. The number of rotatable bonds is 6. The van der Waals surface area contributed by atoms with Gasteiger partial charge in [-0.1, -0.05) is 182 Å². The molecule has 0 aliphatic carbocycles. The van der Waals surface area contributed by atoms with Crippen LogP contribution in [0.4, 0.5) is 0 Å². The molecule has 0 unspecified atom stereocenters. The Balaban J connectivity index is 1.10. The van der Waals surface area contributed by atoms with Crippen molar-refractivity contribution in [3.63, 3.8) is 0 Å². The first-order chi connectivity index (χ1) is 31.3. The summed E-state index contributed by atoms with van der Waals surface area (Å²) in [7, 11) is -2.92. The maximum absolute atomic E-state index is 5.71. The first kappa shape index (κ1) is 35.6. The maximum atomic E-state index is 5.71. The molecule has 0 fully saturated rings. The van der Waals surface area contributed by atoms with Gasteiger partial charge in [-0.05, 0) is 69.7 Å². The summed E-state index contributed by atoms with van der Waals surface area (Å²) in [6.07, 6.45) is 0. The number of benzene rings is 9. The van der Waals surface area contributed by atoms with Crippen molar-refractivity contribution in [2.24, 2.45) is 0 Å². The molecule has 0 saturated carbocycles. The van der Waals surface area contributed by atoms with Crippen molar-refractivity contribution in [3.8, 4) is 45.1 Å². The van der Waals surface area contributed by atoms with Gasteiger partial charge in [0.1, 0.15) is 0 Å². The SMILES string of the molecule is c1ccc(-c2nc(-c3cccc(-n4c5ccccc5c5c6c7ccccc7n(-c7ccccc7)c6ccc54)c3)c3c(n2)[Si](c2ccccc2)(c2ccccc2)c2ccccc2-3)cc1. The molecule has 3 aromatic heterocycles. The lowest BCUT2D eigenvalue weighted by molar-refractivity contribution is 1.17. The van der Waals surface area contributed by atoms with Crippen LogP contribution < -0.4 is 20.9 Å². The molecule has 0 amide bonds. The van der Waals surface area contributed by atoms with Crippen LogP contribution in [0.25, 0.3) is 88.8 Å². The van der Waals surface area contributed by atoms with Gasteiger partial charge in [0.25, 0.3) is 0 Å². The smallest absolute Gasteiger partial charge is 0.203 e. The Bertz CT molecular complexity index is 3690. The number of hydrogen-bond donors (Lipinski definition) is 0. The fourth-order valence-corrected chi connectivity index (χ4v) is 15.6. The number of nitrogens with zero attached hydrogens (tertiary/aromatic N) is 4. The van der Waals surface area contributed by atoms with Crippen molar-refractivity contribution in [1.82, 2.24) is 19.1 Å². The molecule has 63 heavy (non-hydrogen) atoms. The van der Waals surface area contributed by atoms with Crippen LogP contribution in [0.3, 0.4) is 0 Å². The Labute approximate surface area is 365 Å². The Morgan fingerprint density at radius 1 is 0.365 bits per heavy atom. The van der Waals surface area contributed by atoms with E-state index in [2.05, 4.69) is 240 Å². The van der Waals surface area contributed by atoms with Gasteiger partial charge in [0.05, 0.1) is 33.1 Å². The van der Waals surface area contributed by atoms with E-state index in [4.69, 9.17) is 9.97 Å². The minimum atomic E-state index is -2.92. The van der Waals surface area contributed by atoms with Crippen molar-refractivity contribution in [1.29, 1.82) is 0 Å². The molecule has 1 aliphatic rings. The summed E-state index contributed by atoms with van der Waals surface area (Å²) in [5, 5.41) is 10.1. The fourth-order valence-electron chi connectivity index (χ4n) is 10.6. The second kappa shape index (κ2) is 14.0. The van der Waals surface area contributed by atoms with E-state index in [9.17, 15) is 0 Å². The van der Waals surface area contributed by atoms with Crippen molar-refractivity contribution < 1.29 is 0 Å². The van der Waals surface area contributed by atoms with Crippen LogP contribution in [0.5, 0.6) is 0 Å². The summed E-state index contributed by atoms with van der Waals surface area (Å²) in [5.74, 6) is 0.736. The van der Waals surface area contributed by atoms with E-state index < -0.39 is 8.07 Å². The Morgan fingerprint density at radius 2 is 0.857 bits per heavy atom. The van der Waals surface area contributed by atoms with E-state index in [0.29, 0.717) is 0 Å². The van der Waals surface area contributed by atoms with Crippen molar-refractivity contribution >= 4 is 72.6 Å². The monoisotopic (exact) mass is 818 g/mol. The Kier molecular flexibility index (Phi) is 7.89. The lowest BCUT2D eigenvalue weighted by Crippen LogP contribution is -2.73. The molecule has 0 bridgehead atoms. The summed E-state index contributed by atoms with van der Waals surface area (Å²) < 4.78 is 4.85. The van der Waals surface area contributed by atoms with E-state index in [1.54, 1.807) is 0 Å². The molecule has 4 heterocycles. The molecule has 0 atom stereocenters. The lowest BCUT2D eigenvalue weighted by Gasteiger charge is -2.30. The fraction of sp³-hybridized carbons (Fsp3) is 0. The lowest BCUT2D eigenvalue weighted by atomic mass is 10.00. The molecule has 0 saturated heterocycles. The molecule has 0 N–H and O–H groups in total. The molecular weight excluding hydrogens is 781 g/mol. The molecule has 9 aromatic carbocycles. The highest BCUT2D eigenvalue weighted by Gasteiger charge is 2.51. The predicted octanol–water partition coefficient (Wildman–Crippen LogP) is 11.4. The van der Waals surface area contributed by atoms with Gasteiger partial charge in [-0.2, -0.15) is 0 Å². The van der Waals surface area contributed by atoms with Gasteiger partial charge in [0.2, 0.25) is 8.07 Å². The van der Waals surface area contributed by atoms with Gasteiger partial charge in [-0.15, -0.1) is 0 Å². The Morgan fingerprint density at radius 3 is 1.49 bits per heavy atom. The molecule has 12 aromatic rings. The van der Waals surface area contributed by atoms with Crippen molar-refractivity contribution in [2.75, 3.05) is 0 Å². The molecule has 4 nitrogen and oxygen atoms in total. The molecule has 13 rings (SSSR count). The number of hydrogen-bond acceptors (Lipinski definition) is 2. The van der Waals surface area contributed by atoms with Gasteiger partial charge in [-0.25, -0.2) is 9.97 Å². The summed E-state index contributed by atoms with van der Waals surface area (Å²) in [5.41, 5.74) is 12.3. The standard InChI is InChI=1S/C58H38N4Si/c1-5-20-39(21-6-1)57-59-56(55-47-32-15-18-35-52(47)63(58(55)60-57,43-26-9-3-10-27-43)44-28-11-4-12-29-44)40-22-19-25-42(38-40)62-49-34-17-14-31-46(49)54-51(62)37-36-50-53(54)45-30-13-16-33-48(45)61(50)41-23-7-2-8-24-41/h1-38H. The molecular formula is C58H38N4Si. The molecule has 294 valence electrons. The molecule has 5 heteroatoms. The van der Waals surface area contributed by atoms with Crippen LogP contribution in [0.1, 0.15) is 0 Å². The zero-order valence-electron chi connectivity index (χ0n) is 34.2. The second-order valence-electron chi connectivity index (χ2n) is 16.5. The number of aromatic nitrogens is 4. The van der Waals surface area contributed by atoms with E-state index in [-0.39, 0.29) is 0 Å². The normalized spacial score (nSPS) is 12.9. The van der Waals surface area contributed by atoms with Crippen molar-refractivity contribution in [3.05, 3.63) is 231 Å². The van der Waals surface area contributed by atoms with E-state index in [0.717, 1.165) is 50.4 Å². The predicted molar refractivity (Wildman–Crippen MR) is 264 cm³/mol. The van der Waals surface area contributed by atoms with Gasteiger partial charge in [0.15, 0.2) is 5.82 Å². The first-order valence-corrected chi connectivity index (χ1v) is 23.6. The third-order valence-electron chi connectivity index (χ3n) is 13.2. The third kappa shape index (κ3) is 5.14. The van der Waals surface area contributed by atoms with Crippen LogP contribution >= 0.6 is 0 Å². The highest BCUT2D eigenvalue weighted by atomic mass is 28.3. The quantitative estimate of drug-likeness (QED) is 0.157. The highest BCUT2D eigenvalue weighted by Crippen LogP contribution is 2.43. The minimum absolute atomic E-state index is 0.736. The van der Waals surface area contributed by atoms with Crippen molar-refractivity contribution in [2.45, 2.75) is 0 Å². The zero-order chi connectivity index (χ0) is 41.5. The van der Waals surface area contributed by atoms with Crippen LogP contribution in [-0.2, 0) is 0 Å². The summed E-state index contributed by atoms with van der Waals surface area (Å²) in [6.45, 7) is 0. The van der Waals surface area contributed by atoms with Crippen LogP contribution in [0.2, 0.25) is 0 Å². The average molecular weight is 819 g/mol. The van der Waals surface area contributed by atoms with E-state index in [1.807, 2.05) is 0 Å². The van der Waals surface area contributed by atoms with E-state index >= 15 is 0 Å². The number of para-hydroxylation sites is 3. The Hall–Kier alpha value is -8.12. The second-order valence-corrected chi connectivity index (χ2v) is 20.1. The van der Waals surface area contributed by atoms with Gasteiger partial charge >= 0.3 is 0 Å². The zero-order valence-corrected chi connectivity index (χ0v) is 35.2. The molecule has 0 radical (unpaired) electrons. The molecule has 1 aliphatic heterocycles. The maximum Gasteiger partial charge on any atom is 0.203 e. The average Bonchev–Trinajstić information content (AvgIpc) is 3.99. The molecule has 0 spiro atoms. The van der Waals surface area contributed by atoms with Gasteiger partial charge < -0.3 is 9.13 Å². The minimum Gasteiger partial charge on any atom is -0.309 e. The third-order valence-corrected chi connectivity index (χ3v) is 17.9. The van der Waals surface area contributed by atoms with Gasteiger partial charge in [-0.3, -0.25) is 0 Å². The van der Waals surface area contributed by atoms with Crippen LogP contribution in [-0.4, -0.2) is 27.2 Å². The topological polar surface area (TPSA) is 35.6 Å².